The summed E-state index contributed by atoms with van der Waals surface area (Å²) in [5.41, 5.74) is -0.0963. The zero-order chi connectivity index (χ0) is 9.52. The molecular weight excluding hydrogens is 186 g/mol. The maximum atomic E-state index is 10.9. The molecule has 1 rings (SSSR count). The molecule has 0 aliphatic carbocycles. The predicted octanol–water partition coefficient (Wildman–Crippen LogP) is 0.472. The first-order chi connectivity index (χ1) is 6.33. The van der Waals surface area contributed by atoms with Gasteiger partial charge in [0.2, 0.25) is 0 Å². The van der Waals surface area contributed by atoms with Gasteiger partial charge in [0, 0.05) is 24.6 Å². The summed E-state index contributed by atoms with van der Waals surface area (Å²) >= 11 is 1.55. The topological polar surface area (TPSA) is 57.8 Å². The van der Waals surface area contributed by atoms with Crippen molar-refractivity contribution in [3.05, 3.63) is 22.6 Å². The molecule has 0 fully saturated rings. The zero-order valence-corrected chi connectivity index (χ0v) is 8.36. The summed E-state index contributed by atoms with van der Waals surface area (Å²) in [7, 11) is 0. The van der Waals surface area contributed by atoms with E-state index in [1.54, 1.807) is 11.8 Å². The van der Waals surface area contributed by atoms with Gasteiger partial charge in [0.15, 0.2) is 5.16 Å². The molecule has 5 heteroatoms. The highest BCUT2D eigenvalue weighted by Crippen LogP contribution is 2.07. The molecule has 0 unspecified atom stereocenters. The van der Waals surface area contributed by atoms with E-state index in [4.69, 9.17) is 0 Å². The fourth-order valence-electron chi connectivity index (χ4n) is 0.822. The van der Waals surface area contributed by atoms with E-state index in [0.29, 0.717) is 5.16 Å². The first kappa shape index (κ1) is 10.3. The van der Waals surface area contributed by atoms with Crippen LogP contribution >= 0.6 is 11.8 Å². The molecule has 0 aliphatic rings. The summed E-state index contributed by atoms with van der Waals surface area (Å²) in [6.07, 6.45) is 1.52. The van der Waals surface area contributed by atoms with Gasteiger partial charge in [-0.2, -0.15) is 0 Å². The summed E-state index contributed by atoms with van der Waals surface area (Å²) in [5.74, 6) is 0.917. The number of hydrogen-bond acceptors (Lipinski definition) is 4. The molecule has 0 spiro atoms. The molecule has 0 amide bonds. The number of H-pyrrole nitrogens is 1. The van der Waals surface area contributed by atoms with Gasteiger partial charge in [-0.05, 0) is 6.54 Å². The number of hydrogen-bond donors (Lipinski definition) is 2. The minimum atomic E-state index is -0.0963. The Labute approximate surface area is 81.2 Å². The Hall–Kier alpha value is -0.810. The largest absolute Gasteiger partial charge is 0.316 e. The van der Waals surface area contributed by atoms with Crippen LogP contribution in [0, 0.1) is 0 Å². The van der Waals surface area contributed by atoms with Crippen LogP contribution in [-0.4, -0.2) is 28.8 Å². The normalized spacial score (nSPS) is 10.2. The van der Waals surface area contributed by atoms with Crippen LogP contribution in [0.1, 0.15) is 6.92 Å². The summed E-state index contributed by atoms with van der Waals surface area (Å²) in [4.78, 5) is 17.5. The Kier molecular flexibility index (Phi) is 4.56. The number of rotatable bonds is 5. The summed E-state index contributed by atoms with van der Waals surface area (Å²) < 4.78 is 0. The lowest BCUT2D eigenvalue weighted by Crippen LogP contribution is -2.16. The molecule has 0 aromatic carbocycles. The Bertz CT molecular complexity index is 299. The number of aromatic nitrogens is 2. The standard InChI is InChI=1S/C8H13N3OS/c1-2-9-5-6-13-8-10-4-3-7(12)11-8/h3-4,9H,2,5-6H2,1H3,(H,10,11,12). The van der Waals surface area contributed by atoms with Gasteiger partial charge >= 0.3 is 0 Å². The minimum absolute atomic E-state index is 0.0963. The third-order valence-electron chi connectivity index (χ3n) is 1.42. The van der Waals surface area contributed by atoms with Gasteiger partial charge in [-0.1, -0.05) is 18.7 Å². The Morgan fingerprint density at radius 3 is 3.23 bits per heavy atom. The molecule has 72 valence electrons. The maximum absolute atomic E-state index is 10.9. The SMILES string of the molecule is CCNCCSc1nccc(=O)[nH]1. The van der Waals surface area contributed by atoms with Gasteiger partial charge in [0.05, 0.1) is 0 Å². The third-order valence-corrected chi connectivity index (χ3v) is 2.30. The second-order valence-corrected chi connectivity index (χ2v) is 3.52. The molecule has 0 saturated heterocycles. The molecule has 0 saturated carbocycles. The van der Waals surface area contributed by atoms with Gasteiger partial charge < -0.3 is 10.3 Å². The molecule has 0 aliphatic heterocycles. The van der Waals surface area contributed by atoms with Crippen LogP contribution < -0.4 is 10.9 Å². The van der Waals surface area contributed by atoms with Crippen molar-refractivity contribution in [1.29, 1.82) is 0 Å². The van der Waals surface area contributed by atoms with Crippen LogP contribution in [0.3, 0.4) is 0 Å². The molecule has 1 aromatic rings. The Balaban J connectivity index is 2.33. The average molecular weight is 199 g/mol. The van der Waals surface area contributed by atoms with Gasteiger partial charge in [0.25, 0.3) is 5.56 Å². The Morgan fingerprint density at radius 1 is 1.69 bits per heavy atom. The second-order valence-electron chi connectivity index (χ2n) is 2.44. The van der Waals surface area contributed by atoms with Crippen molar-refractivity contribution in [2.45, 2.75) is 12.1 Å². The van der Waals surface area contributed by atoms with Gasteiger partial charge in [0.1, 0.15) is 0 Å². The first-order valence-electron chi connectivity index (χ1n) is 4.21. The van der Waals surface area contributed by atoms with E-state index < -0.39 is 0 Å². The molecular formula is C8H13N3OS. The number of nitrogens with one attached hydrogen (secondary N) is 2. The van der Waals surface area contributed by atoms with Crippen molar-refractivity contribution in [3.63, 3.8) is 0 Å². The number of nitrogens with zero attached hydrogens (tertiary/aromatic N) is 1. The van der Waals surface area contributed by atoms with Crippen LogP contribution in [0.2, 0.25) is 0 Å². The molecule has 0 radical (unpaired) electrons. The quantitative estimate of drug-likeness (QED) is 0.411. The van der Waals surface area contributed by atoms with Crippen LogP contribution in [0.15, 0.2) is 22.2 Å². The lowest BCUT2D eigenvalue weighted by Gasteiger charge is -2.00. The highest BCUT2D eigenvalue weighted by Gasteiger charge is 1.94. The lowest BCUT2D eigenvalue weighted by molar-refractivity contribution is 0.767. The summed E-state index contributed by atoms with van der Waals surface area (Å²) in [5, 5.41) is 3.88. The van der Waals surface area contributed by atoms with Crippen molar-refractivity contribution in [2.24, 2.45) is 0 Å². The van der Waals surface area contributed by atoms with E-state index in [2.05, 4.69) is 22.2 Å². The summed E-state index contributed by atoms with van der Waals surface area (Å²) in [6.45, 7) is 3.96. The van der Waals surface area contributed by atoms with Crippen molar-refractivity contribution in [2.75, 3.05) is 18.8 Å². The van der Waals surface area contributed by atoms with Crippen molar-refractivity contribution >= 4 is 11.8 Å². The fourth-order valence-corrected chi connectivity index (χ4v) is 1.57. The van der Waals surface area contributed by atoms with Gasteiger partial charge in [-0.25, -0.2) is 4.98 Å². The van der Waals surface area contributed by atoms with E-state index in [-0.39, 0.29) is 5.56 Å². The molecule has 4 nitrogen and oxygen atoms in total. The molecule has 13 heavy (non-hydrogen) atoms. The van der Waals surface area contributed by atoms with Crippen LogP contribution in [0.25, 0.3) is 0 Å². The van der Waals surface area contributed by atoms with Crippen LogP contribution in [0.5, 0.6) is 0 Å². The lowest BCUT2D eigenvalue weighted by atomic mass is 10.7. The van der Waals surface area contributed by atoms with E-state index in [9.17, 15) is 4.79 Å². The van der Waals surface area contributed by atoms with E-state index in [1.807, 2.05) is 0 Å². The molecule has 2 N–H and O–H groups in total. The van der Waals surface area contributed by atoms with Gasteiger partial charge in [-0.3, -0.25) is 4.79 Å². The second kappa shape index (κ2) is 5.77. The third kappa shape index (κ3) is 4.10. The smallest absolute Gasteiger partial charge is 0.251 e. The van der Waals surface area contributed by atoms with Gasteiger partial charge in [-0.15, -0.1) is 0 Å². The number of thioether (sulfide) groups is 1. The minimum Gasteiger partial charge on any atom is -0.316 e. The highest BCUT2D eigenvalue weighted by atomic mass is 32.2. The fraction of sp³-hybridized carbons (Fsp3) is 0.500. The maximum Gasteiger partial charge on any atom is 0.251 e. The zero-order valence-electron chi connectivity index (χ0n) is 7.54. The molecule has 0 bridgehead atoms. The molecule has 0 atom stereocenters. The van der Waals surface area contributed by atoms with E-state index >= 15 is 0 Å². The van der Waals surface area contributed by atoms with Crippen molar-refractivity contribution in [1.82, 2.24) is 15.3 Å². The summed E-state index contributed by atoms with van der Waals surface area (Å²) in [6, 6.07) is 1.41. The first-order valence-corrected chi connectivity index (χ1v) is 5.20. The van der Waals surface area contributed by atoms with Crippen molar-refractivity contribution in [3.8, 4) is 0 Å². The monoisotopic (exact) mass is 199 g/mol. The van der Waals surface area contributed by atoms with Crippen LogP contribution in [0.4, 0.5) is 0 Å². The van der Waals surface area contributed by atoms with E-state index in [1.165, 1.54) is 12.3 Å². The van der Waals surface area contributed by atoms with Crippen LogP contribution in [-0.2, 0) is 0 Å². The Morgan fingerprint density at radius 2 is 2.54 bits per heavy atom. The average Bonchev–Trinajstić information content (AvgIpc) is 2.13. The van der Waals surface area contributed by atoms with E-state index in [0.717, 1.165) is 18.8 Å². The highest BCUT2D eigenvalue weighted by molar-refractivity contribution is 7.99. The van der Waals surface area contributed by atoms with Crippen molar-refractivity contribution < 1.29 is 0 Å². The predicted molar refractivity (Wildman–Crippen MR) is 54.1 cm³/mol. The molecule has 1 aromatic heterocycles. The molecule has 1 heterocycles. The number of aromatic amines is 1.